The topological polar surface area (TPSA) is 89.9 Å². The minimum atomic E-state index is -0.734. The minimum absolute atomic E-state index is 0.0994. The van der Waals surface area contributed by atoms with E-state index >= 15 is 0 Å². The van der Waals surface area contributed by atoms with Crippen LogP contribution in [-0.2, 0) is 23.9 Å². The number of carbonyl (C=O) groups is 3. The molecule has 1 N–H and O–H groups in total. The lowest BCUT2D eigenvalue weighted by Crippen LogP contribution is -2.63. The molecule has 2 unspecified atom stereocenters. The number of rotatable bonds is 6. The molecule has 38 heavy (non-hydrogen) atoms. The Morgan fingerprint density at radius 2 is 1.97 bits per heavy atom. The monoisotopic (exact) mass is 542 g/mol. The average molecular weight is 543 g/mol. The van der Waals surface area contributed by atoms with Crippen LogP contribution in [-0.4, -0.2) is 41.6 Å². The van der Waals surface area contributed by atoms with Crippen LogP contribution >= 0.6 is 11.6 Å². The molecule has 3 aliphatic rings. The number of hydrogen-bond donors (Lipinski definition) is 1. The number of ketones is 1. The van der Waals surface area contributed by atoms with Crippen LogP contribution in [0.4, 0.5) is 0 Å². The molecule has 0 amide bonds. The predicted octanol–water partition coefficient (Wildman–Crippen LogP) is 5.80. The summed E-state index contributed by atoms with van der Waals surface area (Å²) >= 11 is 5.97. The maximum absolute atomic E-state index is 13.4. The van der Waals surface area contributed by atoms with Gasteiger partial charge in [-0.05, 0) is 66.7 Å². The van der Waals surface area contributed by atoms with Crippen LogP contribution in [0.1, 0.15) is 65.4 Å². The van der Waals surface area contributed by atoms with Gasteiger partial charge in [0, 0.05) is 34.3 Å². The lowest BCUT2D eigenvalue weighted by atomic mass is 9.44. The summed E-state index contributed by atoms with van der Waals surface area (Å²) in [4.78, 5) is 38.8. The standard InChI is InChI=1S/C31H39ClO6/c1-6-29(4)17-24(38-26(35)18-37-25(34)11-10-21-8-7-9-22(32)16-21)30(5)19(2)12-14-31(20(3)28(29)36)15-13-23(33)27(30)31/h6-11,16,19-20,24,27-28,36H,1,12-15,17-18H2,2-5H3/b11-10+/t19-,20+,24-,27+,28+,29?,30+,31?/m1/s1. The summed E-state index contributed by atoms with van der Waals surface area (Å²) in [6, 6.07) is 7.00. The number of esters is 2. The van der Waals surface area contributed by atoms with Gasteiger partial charge in [0.2, 0.25) is 0 Å². The highest BCUT2D eigenvalue weighted by Crippen LogP contribution is 2.67. The molecule has 6 nitrogen and oxygen atoms in total. The predicted molar refractivity (Wildman–Crippen MR) is 146 cm³/mol. The largest absolute Gasteiger partial charge is 0.459 e. The molecular weight excluding hydrogens is 504 g/mol. The number of aliphatic hydroxyl groups is 1. The summed E-state index contributed by atoms with van der Waals surface area (Å²) < 4.78 is 11.3. The molecule has 3 fully saturated rings. The van der Waals surface area contributed by atoms with Crippen molar-refractivity contribution in [3.8, 4) is 0 Å². The van der Waals surface area contributed by atoms with Gasteiger partial charge in [0.15, 0.2) is 6.61 Å². The van der Waals surface area contributed by atoms with Crippen molar-refractivity contribution in [2.45, 2.75) is 72.0 Å². The summed E-state index contributed by atoms with van der Waals surface area (Å²) in [5, 5.41) is 12.1. The van der Waals surface area contributed by atoms with Crippen molar-refractivity contribution in [3.63, 3.8) is 0 Å². The second kappa shape index (κ2) is 10.6. The zero-order chi connectivity index (χ0) is 27.9. The van der Waals surface area contributed by atoms with Crippen LogP contribution in [0.15, 0.2) is 43.0 Å². The van der Waals surface area contributed by atoms with E-state index in [1.807, 2.05) is 6.92 Å². The first-order chi connectivity index (χ1) is 17.9. The molecule has 1 aromatic carbocycles. The Kier molecular flexibility index (Phi) is 7.98. The number of hydrogen-bond acceptors (Lipinski definition) is 6. The number of carbonyl (C=O) groups excluding carboxylic acids is 3. The number of Topliss-reactive ketones (excluding diaryl/α,β-unsaturated/α-hetero) is 1. The third-order valence-electron chi connectivity index (χ3n) is 10.2. The molecule has 206 valence electrons. The molecular formula is C31H39ClO6. The van der Waals surface area contributed by atoms with Gasteiger partial charge in [0.05, 0.1) is 6.10 Å². The minimum Gasteiger partial charge on any atom is -0.459 e. The molecule has 1 aromatic rings. The van der Waals surface area contributed by atoms with Gasteiger partial charge < -0.3 is 14.6 Å². The molecule has 0 aromatic heterocycles. The summed E-state index contributed by atoms with van der Waals surface area (Å²) in [6.45, 7) is 11.7. The number of aliphatic hydroxyl groups excluding tert-OH is 1. The van der Waals surface area contributed by atoms with Crippen molar-refractivity contribution in [3.05, 3.63) is 53.6 Å². The molecule has 4 rings (SSSR count). The van der Waals surface area contributed by atoms with Crippen molar-refractivity contribution in [1.82, 2.24) is 0 Å². The molecule has 7 heteroatoms. The van der Waals surface area contributed by atoms with Gasteiger partial charge in [0.1, 0.15) is 11.9 Å². The van der Waals surface area contributed by atoms with E-state index in [2.05, 4.69) is 27.4 Å². The first-order valence-corrected chi connectivity index (χ1v) is 13.9. The molecule has 0 saturated heterocycles. The Morgan fingerprint density at radius 3 is 2.66 bits per heavy atom. The van der Waals surface area contributed by atoms with Gasteiger partial charge >= 0.3 is 11.9 Å². The van der Waals surface area contributed by atoms with Crippen LogP contribution in [0.3, 0.4) is 0 Å². The third kappa shape index (κ3) is 4.86. The highest BCUT2D eigenvalue weighted by Gasteiger charge is 2.68. The van der Waals surface area contributed by atoms with Crippen LogP contribution in [0, 0.1) is 34.0 Å². The Hall–Kier alpha value is -2.44. The molecule has 3 aliphatic carbocycles. The second-order valence-electron chi connectivity index (χ2n) is 12.1. The lowest BCUT2D eigenvalue weighted by Gasteiger charge is -2.61. The fourth-order valence-corrected chi connectivity index (χ4v) is 7.85. The maximum atomic E-state index is 13.4. The Morgan fingerprint density at radius 1 is 1.24 bits per heavy atom. The molecule has 8 atom stereocenters. The quantitative estimate of drug-likeness (QED) is 0.277. The summed E-state index contributed by atoms with van der Waals surface area (Å²) in [6.07, 6.45) is 6.46. The maximum Gasteiger partial charge on any atom is 0.344 e. The Labute approximate surface area is 230 Å². The van der Waals surface area contributed by atoms with Crippen molar-refractivity contribution in [2.75, 3.05) is 6.61 Å². The van der Waals surface area contributed by atoms with Crippen molar-refractivity contribution in [2.24, 2.45) is 34.0 Å². The molecule has 3 saturated carbocycles. The highest BCUT2D eigenvalue weighted by atomic mass is 35.5. The SMILES string of the molecule is C=CC1(C)C[C@@H](OC(=O)COC(=O)/C=C/c2cccc(Cl)c2)[C@]2(C)[C@H](C)CCC3(CCC(=O)[C@H]32)[C@@H](C)[C@@H]1O. The van der Waals surface area contributed by atoms with Crippen LogP contribution in [0.25, 0.3) is 6.08 Å². The van der Waals surface area contributed by atoms with Gasteiger partial charge in [-0.25, -0.2) is 9.59 Å². The van der Waals surface area contributed by atoms with E-state index in [9.17, 15) is 19.5 Å². The molecule has 0 aliphatic heterocycles. The number of benzene rings is 1. The second-order valence-corrected chi connectivity index (χ2v) is 12.5. The van der Waals surface area contributed by atoms with Gasteiger partial charge in [0.25, 0.3) is 0 Å². The Bertz CT molecular complexity index is 1140. The first kappa shape index (κ1) is 28.6. The van der Waals surface area contributed by atoms with E-state index in [0.29, 0.717) is 17.9 Å². The average Bonchev–Trinajstić information content (AvgIpc) is 3.24. The number of halogens is 1. The van der Waals surface area contributed by atoms with Crippen molar-refractivity contribution >= 4 is 35.4 Å². The molecule has 0 spiro atoms. The van der Waals surface area contributed by atoms with Crippen LogP contribution in [0.2, 0.25) is 5.02 Å². The van der Waals surface area contributed by atoms with E-state index in [1.165, 1.54) is 6.08 Å². The van der Waals surface area contributed by atoms with Gasteiger partial charge in [-0.15, -0.1) is 6.58 Å². The smallest absolute Gasteiger partial charge is 0.344 e. The van der Waals surface area contributed by atoms with E-state index in [4.69, 9.17) is 21.1 Å². The normalized spacial score (nSPS) is 38.7. The van der Waals surface area contributed by atoms with E-state index in [-0.39, 0.29) is 29.0 Å². The van der Waals surface area contributed by atoms with Crippen molar-refractivity contribution in [1.29, 1.82) is 0 Å². The van der Waals surface area contributed by atoms with E-state index in [1.54, 1.807) is 36.4 Å². The van der Waals surface area contributed by atoms with E-state index in [0.717, 1.165) is 24.8 Å². The summed E-state index contributed by atoms with van der Waals surface area (Å²) in [7, 11) is 0. The molecule has 0 heterocycles. The molecule has 0 radical (unpaired) electrons. The molecule has 2 bridgehead atoms. The lowest BCUT2D eigenvalue weighted by molar-refractivity contribution is -0.208. The summed E-state index contributed by atoms with van der Waals surface area (Å²) in [5.41, 5.74) is -0.948. The Balaban J connectivity index is 1.56. The number of ether oxygens (including phenoxy) is 2. The van der Waals surface area contributed by atoms with Crippen LogP contribution < -0.4 is 0 Å². The highest BCUT2D eigenvalue weighted by molar-refractivity contribution is 6.30. The third-order valence-corrected chi connectivity index (χ3v) is 10.4. The van der Waals surface area contributed by atoms with Gasteiger partial charge in [-0.1, -0.05) is 57.5 Å². The van der Waals surface area contributed by atoms with Crippen molar-refractivity contribution < 1.29 is 29.0 Å². The van der Waals surface area contributed by atoms with Gasteiger partial charge in [-0.3, -0.25) is 4.79 Å². The first-order valence-electron chi connectivity index (χ1n) is 13.5. The van der Waals surface area contributed by atoms with E-state index < -0.39 is 41.6 Å². The van der Waals surface area contributed by atoms with Crippen LogP contribution in [0.5, 0.6) is 0 Å². The zero-order valence-electron chi connectivity index (χ0n) is 22.7. The summed E-state index contributed by atoms with van der Waals surface area (Å²) in [5.74, 6) is -1.44. The fourth-order valence-electron chi connectivity index (χ4n) is 7.65. The van der Waals surface area contributed by atoms with Gasteiger partial charge in [-0.2, -0.15) is 0 Å². The fraction of sp³-hybridized carbons (Fsp3) is 0.581. The zero-order valence-corrected chi connectivity index (χ0v) is 23.5.